The summed E-state index contributed by atoms with van der Waals surface area (Å²) in [4.78, 5) is 0. The molecular weight excluding hydrogens is 214 g/mol. The number of ether oxygens (including phenoxy) is 1. The van der Waals surface area contributed by atoms with Crippen molar-refractivity contribution >= 4 is 0 Å². The van der Waals surface area contributed by atoms with Crippen LogP contribution in [0.3, 0.4) is 0 Å². The Hall–Kier alpha value is -1.06. The molecule has 0 saturated heterocycles. The maximum absolute atomic E-state index is 10.6. The topological polar surface area (TPSA) is 55.5 Å². The Morgan fingerprint density at radius 2 is 1.82 bits per heavy atom. The molecule has 2 saturated carbocycles. The van der Waals surface area contributed by atoms with E-state index in [1.165, 1.54) is 0 Å². The van der Waals surface area contributed by atoms with E-state index >= 15 is 0 Å². The van der Waals surface area contributed by atoms with Crippen molar-refractivity contribution in [1.29, 1.82) is 0 Å². The summed E-state index contributed by atoms with van der Waals surface area (Å²) in [5.41, 5.74) is 5.81. The normalized spacial score (nSPS) is 23.2. The Morgan fingerprint density at radius 3 is 2.29 bits per heavy atom. The van der Waals surface area contributed by atoms with Gasteiger partial charge < -0.3 is 15.6 Å². The molecule has 2 aliphatic carbocycles. The zero-order chi connectivity index (χ0) is 11.9. The number of nitrogens with two attached hydrogens (primary N) is 1. The third kappa shape index (κ3) is 2.17. The van der Waals surface area contributed by atoms with E-state index in [1.54, 1.807) is 0 Å². The number of aliphatic hydroxyl groups is 1. The smallest absolute Gasteiger partial charge is 0.119 e. The molecule has 3 rings (SSSR count). The molecule has 3 nitrogen and oxygen atoms in total. The third-order valence-corrected chi connectivity index (χ3v) is 3.75. The minimum atomic E-state index is -0.835. The summed E-state index contributed by atoms with van der Waals surface area (Å²) in [5.74, 6) is 1.23. The molecule has 1 aromatic carbocycles. The van der Waals surface area contributed by atoms with Gasteiger partial charge in [-0.15, -0.1) is 0 Å². The van der Waals surface area contributed by atoms with E-state index in [2.05, 4.69) is 0 Å². The van der Waals surface area contributed by atoms with Gasteiger partial charge in [-0.05, 0) is 49.3 Å². The van der Waals surface area contributed by atoms with Crippen LogP contribution in [0.25, 0.3) is 0 Å². The largest absolute Gasteiger partial charge is 0.490 e. The number of hydrogen-bond donors (Lipinski definition) is 2. The van der Waals surface area contributed by atoms with Crippen LogP contribution in [0.2, 0.25) is 0 Å². The van der Waals surface area contributed by atoms with Crippen LogP contribution < -0.4 is 10.5 Å². The molecule has 0 spiro atoms. The van der Waals surface area contributed by atoms with Crippen molar-refractivity contribution in [3.8, 4) is 5.75 Å². The third-order valence-electron chi connectivity index (χ3n) is 3.75. The first-order valence-electron chi connectivity index (χ1n) is 6.42. The average molecular weight is 233 g/mol. The second kappa shape index (κ2) is 4.00. The van der Waals surface area contributed by atoms with Crippen LogP contribution in [0.4, 0.5) is 0 Å². The second-order valence-electron chi connectivity index (χ2n) is 5.24. The van der Waals surface area contributed by atoms with Crippen molar-refractivity contribution in [2.75, 3.05) is 6.54 Å². The lowest BCUT2D eigenvalue weighted by Gasteiger charge is -2.27. The van der Waals surface area contributed by atoms with Crippen LogP contribution in [-0.2, 0) is 5.60 Å². The summed E-state index contributed by atoms with van der Waals surface area (Å²) in [6.45, 7) is 0.292. The Bertz CT molecular complexity index is 395. The van der Waals surface area contributed by atoms with E-state index in [0.29, 0.717) is 18.6 Å². The summed E-state index contributed by atoms with van der Waals surface area (Å²) in [7, 11) is 0. The first-order valence-corrected chi connectivity index (χ1v) is 6.42. The predicted molar refractivity (Wildman–Crippen MR) is 65.8 cm³/mol. The van der Waals surface area contributed by atoms with Crippen LogP contribution in [0.5, 0.6) is 5.75 Å². The first-order chi connectivity index (χ1) is 8.22. The molecule has 2 aliphatic rings. The molecular formula is C14H19NO2. The molecule has 0 aliphatic heterocycles. The van der Waals surface area contributed by atoms with Crippen LogP contribution in [0.15, 0.2) is 24.3 Å². The molecule has 2 fully saturated rings. The fourth-order valence-electron chi connectivity index (χ4n) is 2.28. The average Bonchev–Trinajstić information content (AvgIpc) is 3.21. The molecule has 0 aromatic heterocycles. The minimum Gasteiger partial charge on any atom is -0.490 e. The molecule has 0 heterocycles. The maximum atomic E-state index is 10.6. The quantitative estimate of drug-likeness (QED) is 0.815. The number of benzene rings is 1. The van der Waals surface area contributed by atoms with Gasteiger partial charge in [-0.2, -0.15) is 0 Å². The van der Waals surface area contributed by atoms with Gasteiger partial charge >= 0.3 is 0 Å². The highest BCUT2D eigenvalue weighted by Gasteiger charge is 2.44. The summed E-state index contributed by atoms with van der Waals surface area (Å²) < 4.78 is 5.69. The van der Waals surface area contributed by atoms with Crippen molar-refractivity contribution in [1.82, 2.24) is 0 Å². The van der Waals surface area contributed by atoms with Gasteiger partial charge in [0.1, 0.15) is 11.4 Å². The van der Waals surface area contributed by atoms with Gasteiger partial charge in [0.2, 0.25) is 0 Å². The van der Waals surface area contributed by atoms with Gasteiger partial charge in [0.25, 0.3) is 0 Å². The van der Waals surface area contributed by atoms with Crippen molar-refractivity contribution in [2.24, 2.45) is 11.7 Å². The molecule has 1 aromatic rings. The SMILES string of the molecule is NCC(O)(c1ccc(OC2CC2)cc1)C1CC1. The summed E-state index contributed by atoms with van der Waals surface area (Å²) >= 11 is 0. The molecule has 3 N–H and O–H groups in total. The van der Waals surface area contributed by atoms with Crippen molar-refractivity contribution in [2.45, 2.75) is 37.4 Å². The summed E-state index contributed by atoms with van der Waals surface area (Å²) in [5, 5.41) is 10.6. The van der Waals surface area contributed by atoms with Crippen molar-refractivity contribution in [3.05, 3.63) is 29.8 Å². The van der Waals surface area contributed by atoms with Gasteiger partial charge in [-0.1, -0.05) is 12.1 Å². The van der Waals surface area contributed by atoms with E-state index < -0.39 is 5.60 Å². The summed E-state index contributed by atoms with van der Waals surface area (Å²) in [6, 6.07) is 7.78. The second-order valence-corrected chi connectivity index (χ2v) is 5.24. The molecule has 1 atom stereocenters. The fraction of sp³-hybridized carbons (Fsp3) is 0.571. The fourth-order valence-corrected chi connectivity index (χ4v) is 2.28. The van der Waals surface area contributed by atoms with E-state index in [9.17, 15) is 5.11 Å². The van der Waals surface area contributed by atoms with Gasteiger partial charge in [0.05, 0.1) is 6.10 Å². The standard InChI is InChI=1S/C14H19NO2/c15-9-14(16,10-1-2-10)11-3-5-12(6-4-11)17-13-7-8-13/h3-6,10,13,16H,1-2,7-9,15H2. The van der Waals surface area contributed by atoms with Gasteiger partial charge in [-0.25, -0.2) is 0 Å². The number of hydrogen-bond acceptors (Lipinski definition) is 3. The molecule has 17 heavy (non-hydrogen) atoms. The van der Waals surface area contributed by atoms with Gasteiger partial charge in [0.15, 0.2) is 0 Å². The monoisotopic (exact) mass is 233 g/mol. The van der Waals surface area contributed by atoms with E-state index in [1.807, 2.05) is 24.3 Å². The highest BCUT2D eigenvalue weighted by molar-refractivity contribution is 5.32. The zero-order valence-corrected chi connectivity index (χ0v) is 9.93. The van der Waals surface area contributed by atoms with Crippen molar-refractivity contribution < 1.29 is 9.84 Å². The van der Waals surface area contributed by atoms with E-state index in [-0.39, 0.29) is 0 Å². The first kappa shape index (κ1) is 11.1. The van der Waals surface area contributed by atoms with Crippen LogP contribution >= 0.6 is 0 Å². The minimum absolute atomic E-state index is 0.292. The van der Waals surface area contributed by atoms with E-state index in [4.69, 9.17) is 10.5 Å². The Labute approximate surface area is 102 Å². The Kier molecular flexibility index (Phi) is 2.60. The molecule has 0 radical (unpaired) electrons. The van der Waals surface area contributed by atoms with Crippen LogP contribution in [-0.4, -0.2) is 17.8 Å². The van der Waals surface area contributed by atoms with E-state index in [0.717, 1.165) is 37.0 Å². The zero-order valence-electron chi connectivity index (χ0n) is 9.93. The highest BCUT2D eigenvalue weighted by atomic mass is 16.5. The Balaban J connectivity index is 1.77. The molecule has 92 valence electrons. The lowest BCUT2D eigenvalue weighted by atomic mass is 9.89. The highest BCUT2D eigenvalue weighted by Crippen LogP contribution is 2.45. The molecule has 1 unspecified atom stereocenters. The van der Waals surface area contributed by atoms with Crippen LogP contribution in [0, 0.1) is 5.92 Å². The molecule has 0 amide bonds. The molecule has 3 heteroatoms. The maximum Gasteiger partial charge on any atom is 0.119 e. The van der Waals surface area contributed by atoms with Crippen LogP contribution in [0.1, 0.15) is 31.2 Å². The predicted octanol–water partition coefficient (Wildman–Crippen LogP) is 1.78. The molecule has 0 bridgehead atoms. The van der Waals surface area contributed by atoms with Gasteiger partial charge in [0, 0.05) is 6.54 Å². The van der Waals surface area contributed by atoms with Gasteiger partial charge in [-0.3, -0.25) is 0 Å². The summed E-state index contributed by atoms with van der Waals surface area (Å²) in [6.07, 6.45) is 4.90. The van der Waals surface area contributed by atoms with Crippen molar-refractivity contribution in [3.63, 3.8) is 0 Å². The Morgan fingerprint density at radius 1 is 1.18 bits per heavy atom. The number of rotatable bonds is 5. The lowest BCUT2D eigenvalue weighted by Crippen LogP contribution is -2.37. The lowest BCUT2D eigenvalue weighted by molar-refractivity contribution is 0.0222.